The second kappa shape index (κ2) is 6.50. The number of nitrogens with zero attached hydrogens (tertiary/aromatic N) is 2. The van der Waals surface area contributed by atoms with E-state index >= 15 is 0 Å². The maximum Gasteiger partial charge on any atom is 0.223 e. The van der Waals surface area contributed by atoms with Crippen LogP contribution in [0.1, 0.15) is 48.3 Å². The number of thiophene rings is 1. The zero-order valence-corrected chi connectivity index (χ0v) is 12.7. The predicted octanol–water partition coefficient (Wildman–Crippen LogP) is 3.50. The van der Waals surface area contributed by atoms with Gasteiger partial charge in [-0.15, -0.1) is 11.3 Å². The molecule has 1 N–H and O–H groups in total. The largest absolute Gasteiger partial charge is 0.340 e. The summed E-state index contributed by atoms with van der Waals surface area (Å²) in [7, 11) is 0. The summed E-state index contributed by atoms with van der Waals surface area (Å²) in [6.07, 6.45) is 6.26. The summed E-state index contributed by atoms with van der Waals surface area (Å²) in [6.45, 7) is 2.73. The van der Waals surface area contributed by atoms with Crippen LogP contribution in [0.2, 0.25) is 0 Å². The van der Waals surface area contributed by atoms with Crippen molar-refractivity contribution in [2.45, 2.75) is 45.1 Å². The topological polar surface area (TPSA) is 51.0 Å². The van der Waals surface area contributed by atoms with Crippen LogP contribution in [-0.4, -0.2) is 16.7 Å². The maximum absolute atomic E-state index is 5.01. The van der Waals surface area contributed by atoms with E-state index in [9.17, 15) is 0 Å². The van der Waals surface area contributed by atoms with Crippen LogP contribution < -0.4 is 5.32 Å². The van der Waals surface area contributed by atoms with Gasteiger partial charge in [0.25, 0.3) is 0 Å². The standard InChI is InChI=1S/C15H21N3OS/c1-11-17-14(18-19-11)8-9-16-15(12-5-2-3-6-12)13-7-4-10-20-13/h4,7,10,12,15-16H,2-3,5-6,8-9H2,1H3. The molecule has 20 heavy (non-hydrogen) atoms. The lowest BCUT2D eigenvalue weighted by molar-refractivity contribution is 0.367. The predicted molar refractivity (Wildman–Crippen MR) is 79.8 cm³/mol. The first-order valence-electron chi connectivity index (χ1n) is 7.39. The summed E-state index contributed by atoms with van der Waals surface area (Å²) >= 11 is 1.86. The normalized spacial score (nSPS) is 17.6. The van der Waals surface area contributed by atoms with Crippen LogP contribution >= 0.6 is 11.3 Å². The van der Waals surface area contributed by atoms with Crippen molar-refractivity contribution in [2.24, 2.45) is 5.92 Å². The molecule has 2 aromatic heterocycles. The highest BCUT2D eigenvalue weighted by molar-refractivity contribution is 7.10. The molecule has 0 aliphatic heterocycles. The Hall–Kier alpha value is -1.20. The van der Waals surface area contributed by atoms with E-state index in [2.05, 4.69) is 33.0 Å². The van der Waals surface area contributed by atoms with E-state index < -0.39 is 0 Å². The fraction of sp³-hybridized carbons (Fsp3) is 0.600. The Morgan fingerprint density at radius 2 is 2.30 bits per heavy atom. The van der Waals surface area contributed by atoms with Gasteiger partial charge >= 0.3 is 0 Å². The summed E-state index contributed by atoms with van der Waals surface area (Å²) in [5.41, 5.74) is 0. The van der Waals surface area contributed by atoms with Crippen molar-refractivity contribution >= 4 is 11.3 Å². The van der Waals surface area contributed by atoms with Gasteiger partial charge in [-0.1, -0.05) is 24.1 Å². The van der Waals surface area contributed by atoms with Crippen molar-refractivity contribution in [3.63, 3.8) is 0 Å². The molecule has 4 nitrogen and oxygen atoms in total. The maximum atomic E-state index is 5.01. The fourth-order valence-corrected chi connectivity index (χ4v) is 3.93. The lowest BCUT2D eigenvalue weighted by Crippen LogP contribution is -2.28. The molecule has 5 heteroatoms. The number of hydrogen-bond acceptors (Lipinski definition) is 5. The average Bonchev–Trinajstić information content (AvgIpc) is 3.18. The van der Waals surface area contributed by atoms with Crippen LogP contribution in [-0.2, 0) is 6.42 Å². The van der Waals surface area contributed by atoms with Gasteiger partial charge in [0.2, 0.25) is 5.89 Å². The van der Waals surface area contributed by atoms with Gasteiger partial charge < -0.3 is 9.84 Å². The van der Waals surface area contributed by atoms with Crippen molar-refractivity contribution in [3.8, 4) is 0 Å². The molecule has 1 fully saturated rings. The highest BCUT2D eigenvalue weighted by Gasteiger charge is 2.26. The molecule has 2 heterocycles. The zero-order valence-electron chi connectivity index (χ0n) is 11.8. The molecule has 1 saturated carbocycles. The van der Waals surface area contributed by atoms with Crippen molar-refractivity contribution in [1.82, 2.24) is 15.5 Å². The third-order valence-electron chi connectivity index (χ3n) is 4.00. The number of aromatic nitrogens is 2. The molecule has 0 amide bonds. The van der Waals surface area contributed by atoms with E-state index in [0.29, 0.717) is 11.9 Å². The molecule has 0 bridgehead atoms. The first-order valence-corrected chi connectivity index (χ1v) is 8.27. The van der Waals surface area contributed by atoms with Gasteiger partial charge in [-0.05, 0) is 30.2 Å². The van der Waals surface area contributed by atoms with Crippen LogP contribution in [0.4, 0.5) is 0 Å². The Kier molecular flexibility index (Phi) is 4.47. The van der Waals surface area contributed by atoms with Gasteiger partial charge in [-0.2, -0.15) is 4.98 Å². The van der Waals surface area contributed by atoms with Crippen LogP contribution in [0.25, 0.3) is 0 Å². The number of aryl methyl sites for hydroxylation is 1. The molecule has 0 spiro atoms. The van der Waals surface area contributed by atoms with Crippen molar-refractivity contribution in [2.75, 3.05) is 6.54 Å². The molecule has 0 radical (unpaired) electrons. The summed E-state index contributed by atoms with van der Waals surface area (Å²) in [5.74, 6) is 2.22. The van der Waals surface area contributed by atoms with Crippen molar-refractivity contribution in [3.05, 3.63) is 34.1 Å². The van der Waals surface area contributed by atoms with E-state index in [0.717, 1.165) is 24.7 Å². The van der Waals surface area contributed by atoms with Crippen LogP contribution in [0, 0.1) is 12.8 Å². The van der Waals surface area contributed by atoms with E-state index in [-0.39, 0.29) is 0 Å². The molecule has 0 saturated heterocycles. The molecule has 0 aromatic carbocycles. The average molecular weight is 291 g/mol. The molecular formula is C15H21N3OS. The first-order chi connectivity index (χ1) is 9.83. The molecular weight excluding hydrogens is 270 g/mol. The Morgan fingerprint density at radius 1 is 1.45 bits per heavy atom. The lowest BCUT2D eigenvalue weighted by Gasteiger charge is -2.23. The summed E-state index contributed by atoms with van der Waals surface area (Å²) in [5, 5.41) is 9.83. The molecule has 1 unspecified atom stereocenters. The monoisotopic (exact) mass is 291 g/mol. The Balaban J connectivity index is 1.58. The smallest absolute Gasteiger partial charge is 0.223 e. The van der Waals surface area contributed by atoms with E-state index in [1.54, 1.807) is 0 Å². The molecule has 108 valence electrons. The third-order valence-corrected chi connectivity index (χ3v) is 4.96. The van der Waals surface area contributed by atoms with Crippen molar-refractivity contribution < 1.29 is 4.52 Å². The van der Waals surface area contributed by atoms with Gasteiger partial charge in [0.1, 0.15) is 0 Å². The quantitative estimate of drug-likeness (QED) is 0.885. The summed E-state index contributed by atoms with van der Waals surface area (Å²) in [4.78, 5) is 5.71. The SMILES string of the molecule is Cc1nc(CCNC(c2cccs2)C2CCCC2)no1. The summed E-state index contributed by atoms with van der Waals surface area (Å²) < 4.78 is 5.01. The van der Waals surface area contributed by atoms with Crippen LogP contribution in [0.5, 0.6) is 0 Å². The molecule has 1 aliphatic carbocycles. The second-order valence-electron chi connectivity index (χ2n) is 5.47. The number of rotatable bonds is 6. The molecule has 1 atom stereocenters. The van der Waals surface area contributed by atoms with Crippen LogP contribution in [0.3, 0.4) is 0 Å². The molecule has 1 aliphatic rings. The number of hydrogen-bond donors (Lipinski definition) is 1. The highest BCUT2D eigenvalue weighted by Crippen LogP contribution is 2.37. The van der Waals surface area contributed by atoms with Crippen molar-refractivity contribution in [1.29, 1.82) is 0 Å². The number of nitrogens with one attached hydrogen (secondary N) is 1. The minimum Gasteiger partial charge on any atom is -0.340 e. The zero-order chi connectivity index (χ0) is 13.8. The Bertz CT molecular complexity index is 517. The minimum atomic E-state index is 0.491. The summed E-state index contributed by atoms with van der Waals surface area (Å²) in [6, 6.07) is 4.89. The first kappa shape index (κ1) is 13.8. The Morgan fingerprint density at radius 3 is 2.95 bits per heavy atom. The van der Waals surface area contributed by atoms with Gasteiger partial charge in [0, 0.05) is 30.8 Å². The molecule has 3 rings (SSSR count). The van der Waals surface area contributed by atoms with Gasteiger partial charge in [0.15, 0.2) is 5.82 Å². The minimum absolute atomic E-state index is 0.491. The fourth-order valence-electron chi connectivity index (χ4n) is 3.04. The Labute approximate surface area is 123 Å². The van der Waals surface area contributed by atoms with Gasteiger partial charge in [-0.3, -0.25) is 0 Å². The van der Waals surface area contributed by atoms with E-state index in [4.69, 9.17) is 4.52 Å². The van der Waals surface area contributed by atoms with Gasteiger partial charge in [-0.25, -0.2) is 0 Å². The van der Waals surface area contributed by atoms with E-state index in [1.165, 1.54) is 30.6 Å². The second-order valence-corrected chi connectivity index (χ2v) is 6.45. The third kappa shape index (κ3) is 3.27. The van der Waals surface area contributed by atoms with Gasteiger partial charge in [0.05, 0.1) is 0 Å². The lowest BCUT2D eigenvalue weighted by atomic mass is 9.96. The highest BCUT2D eigenvalue weighted by atomic mass is 32.1. The molecule has 2 aromatic rings. The van der Waals surface area contributed by atoms with E-state index in [1.807, 2.05) is 18.3 Å². The van der Waals surface area contributed by atoms with Crippen LogP contribution in [0.15, 0.2) is 22.0 Å².